The maximum absolute atomic E-state index is 12.3. The number of nitrogens with one attached hydrogen (secondary N) is 2. The number of anilines is 2. The molecule has 1 aromatic heterocycles. The van der Waals surface area contributed by atoms with E-state index < -0.39 is 6.03 Å². The van der Waals surface area contributed by atoms with Gasteiger partial charge < -0.3 is 16.4 Å². The Hall–Kier alpha value is -3.55. The van der Waals surface area contributed by atoms with Crippen LogP contribution in [-0.4, -0.2) is 21.1 Å². The number of hydrogen-bond acceptors (Lipinski definition) is 3. The van der Waals surface area contributed by atoms with Crippen LogP contribution in [0.25, 0.3) is 11.0 Å². The van der Waals surface area contributed by atoms with Gasteiger partial charge in [-0.1, -0.05) is 18.2 Å². The van der Waals surface area contributed by atoms with Crippen molar-refractivity contribution in [2.24, 2.45) is 12.8 Å². The summed E-state index contributed by atoms with van der Waals surface area (Å²) in [5.74, 6) is -0.352. The molecule has 0 radical (unpaired) electrons. The Bertz CT molecular complexity index is 1020. The van der Waals surface area contributed by atoms with Crippen LogP contribution in [0.4, 0.5) is 16.2 Å². The van der Waals surface area contributed by atoms with Crippen LogP contribution in [0, 0.1) is 0 Å². The fourth-order valence-corrected chi connectivity index (χ4v) is 2.68. The Morgan fingerprint density at radius 2 is 1.64 bits per heavy atom. The van der Waals surface area contributed by atoms with Crippen molar-refractivity contribution in [1.82, 2.24) is 9.13 Å². The third kappa shape index (κ3) is 3.37. The SMILES string of the molecule is Cn1c(=O)n(CC(=O)Nc2cccc(NC(N)=O)c2)c2ccccc21. The molecule has 0 spiro atoms. The molecule has 1 heterocycles. The number of amides is 3. The summed E-state index contributed by atoms with van der Waals surface area (Å²) >= 11 is 0. The Morgan fingerprint density at radius 3 is 2.32 bits per heavy atom. The van der Waals surface area contributed by atoms with Gasteiger partial charge >= 0.3 is 11.7 Å². The second-order valence-corrected chi connectivity index (χ2v) is 5.53. The fraction of sp³-hybridized carbons (Fsp3) is 0.118. The number of aromatic nitrogens is 2. The molecule has 0 unspecified atom stereocenters. The van der Waals surface area contributed by atoms with Crippen molar-refractivity contribution in [3.8, 4) is 0 Å². The van der Waals surface area contributed by atoms with E-state index in [-0.39, 0.29) is 18.1 Å². The number of carbonyl (C=O) groups is 2. The van der Waals surface area contributed by atoms with Gasteiger partial charge in [0.05, 0.1) is 11.0 Å². The number of nitrogens with two attached hydrogens (primary N) is 1. The van der Waals surface area contributed by atoms with Gasteiger partial charge in [-0.2, -0.15) is 0 Å². The largest absolute Gasteiger partial charge is 0.351 e. The summed E-state index contributed by atoms with van der Waals surface area (Å²) in [5, 5.41) is 5.14. The molecule has 0 saturated heterocycles. The van der Waals surface area contributed by atoms with Crippen molar-refractivity contribution >= 4 is 34.3 Å². The number of carbonyl (C=O) groups excluding carboxylic acids is 2. The van der Waals surface area contributed by atoms with Crippen molar-refractivity contribution in [1.29, 1.82) is 0 Å². The van der Waals surface area contributed by atoms with Crippen molar-refractivity contribution in [3.63, 3.8) is 0 Å². The first kappa shape index (κ1) is 16.3. The van der Waals surface area contributed by atoms with Crippen LogP contribution in [-0.2, 0) is 18.4 Å². The summed E-state index contributed by atoms with van der Waals surface area (Å²) in [6.45, 7) is -0.117. The average molecular weight is 339 g/mol. The molecule has 0 bridgehead atoms. The number of nitrogens with zero attached hydrogens (tertiary/aromatic N) is 2. The molecular weight excluding hydrogens is 322 g/mol. The maximum Gasteiger partial charge on any atom is 0.329 e. The van der Waals surface area contributed by atoms with Gasteiger partial charge in [0.15, 0.2) is 0 Å². The molecule has 3 amide bonds. The summed E-state index contributed by atoms with van der Waals surface area (Å²) in [5.41, 5.74) is 7.21. The second-order valence-electron chi connectivity index (χ2n) is 5.53. The lowest BCUT2D eigenvalue weighted by Crippen LogP contribution is -2.28. The monoisotopic (exact) mass is 339 g/mol. The van der Waals surface area contributed by atoms with Crippen LogP contribution in [0.2, 0.25) is 0 Å². The summed E-state index contributed by atoms with van der Waals surface area (Å²) in [6.07, 6.45) is 0. The number of rotatable bonds is 4. The van der Waals surface area contributed by atoms with Gasteiger partial charge in [-0.05, 0) is 30.3 Å². The Balaban J connectivity index is 1.81. The van der Waals surface area contributed by atoms with Gasteiger partial charge in [-0.25, -0.2) is 9.59 Å². The maximum atomic E-state index is 12.3. The van der Waals surface area contributed by atoms with Crippen LogP contribution in [0.15, 0.2) is 53.3 Å². The van der Waals surface area contributed by atoms with E-state index in [4.69, 9.17) is 5.73 Å². The van der Waals surface area contributed by atoms with Crippen LogP contribution in [0.1, 0.15) is 0 Å². The number of hydrogen-bond donors (Lipinski definition) is 3. The average Bonchev–Trinajstić information content (AvgIpc) is 2.80. The Labute approximate surface area is 142 Å². The summed E-state index contributed by atoms with van der Waals surface area (Å²) in [7, 11) is 1.66. The number of primary amides is 1. The molecule has 0 aliphatic rings. The second kappa shape index (κ2) is 6.52. The van der Waals surface area contributed by atoms with Crippen molar-refractivity contribution < 1.29 is 9.59 Å². The van der Waals surface area contributed by atoms with E-state index in [1.165, 1.54) is 9.13 Å². The minimum atomic E-state index is -0.689. The zero-order chi connectivity index (χ0) is 18.0. The third-order valence-corrected chi connectivity index (χ3v) is 3.77. The highest BCUT2D eigenvalue weighted by Crippen LogP contribution is 2.15. The highest BCUT2D eigenvalue weighted by Gasteiger charge is 2.13. The molecule has 25 heavy (non-hydrogen) atoms. The lowest BCUT2D eigenvalue weighted by atomic mass is 10.2. The molecule has 8 heteroatoms. The summed E-state index contributed by atoms with van der Waals surface area (Å²) in [4.78, 5) is 35.6. The van der Waals surface area contributed by atoms with E-state index in [9.17, 15) is 14.4 Å². The quantitative estimate of drug-likeness (QED) is 0.669. The van der Waals surface area contributed by atoms with Crippen LogP contribution in [0.3, 0.4) is 0 Å². The Morgan fingerprint density at radius 1 is 1.00 bits per heavy atom. The minimum Gasteiger partial charge on any atom is -0.351 e. The highest BCUT2D eigenvalue weighted by molar-refractivity contribution is 5.93. The van der Waals surface area contributed by atoms with E-state index in [0.29, 0.717) is 16.9 Å². The number of benzene rings is 2. The molecule has 0 atom stereocenters. The van der Waals surface area contributed by atoms with Crippen LogP contribution >= 0.6 is 0 Å². The smallest absolute Gasteiger partial charge is 0.329 e. The molecule has 3 rings (SSSR count). The first-order valence-corrected chi connectivity index (χ1v) is 7.56. The molecule has 2 aromatic carbocycles. The highest BCUT2D eigenvalue weighted by atomic mass is 16.2. The van der Waals surface area contributed by atoms with E-state index in [2.05, 4.69) is 10.6 Å². The third-order valence-electron chi connectivity index (χ3n) is 3.77. The molecule has 4 N–H and O–H groups in total. The molecule has 3 aromatic rings. The van der Waals surface area contributed by atoms with Crippen LogP contribution < -0.4 is 22.1 Å². The van der Waals surface area contributed by atoms with E-state index in [1.54, 1.807) is 37.4 Å². The number of fused-ring (bicyclic) bond motifs is 1. The van der Waals surface area contributed by atoms with Crippen molar-refractivity contribution in [2.75, 3.05) is 10.6 Å². The first-order valence-electron chi connectivity index (χ1n) is 7.56. The van der Waals surface area contributed by atoms with E-state index in [0.717, 1.165) is 5.52 Å². The predicted molar refractivity (Wildman–Crippen MR) is 95.5 cm³/mol. The van der Waals surface area contributed by atoms with Crippen molar-refractivity contribution in [3.05, 3.63) is 59.0 Å². The number of imidazole rings is 1. The standard InChI is InChI=1S/C17H17N5O3/c1-21-13-7-2-3-8-14(13)22(17(21)25)10-15(23)19-11-5-4-6-12(9-11)20-16(18)24/h2-9H,10H2,1H3,(H,19,23)(H3,18,20,24). The minimum absolute atomic E-state index is 0.117. The number of urea groups is 1. The normalized spacial score (nSPS) is 10.6. The van der Waals surface area contributed by atoms with Gasteiger partial charge in [0, 0.05) is 18.4 Å². The number of aryl methyl sites for hydroxylation is 1. The topological polar surface area (TPSA) is 111 Å². The molecule has 0 saturated carbocycles. The molecule has 0 aliphatic heterocycles. The lowest BCUT2D eigenvalue weighted by molar-refractivity contribution is -0.116. The van der Waals surface area contributed by atoms with Gasteiger partial charge in [-0.15, -0.1) is 0 Å². The molecule has 8 nitrogen and oxygen atoms in total. The molecular formula is C17H17N5O3. The van der Waals surface area contributed by atoms with Gasteiger partial charge in [0.2, 0.25) is 5.91 Å². The molecule has 0 fully saturated rings. The Kier molecular flexibility index (Phi) is 4.25. The van der Waals surface area contributed by atoms with E-state index >= 15 is 0 Å². The van der Waals surface area contributed by atoms with Gasteiger partial charge in [0.1, 0.15) is 6.54 Å². The fourth-order valence-electron chi connectivity index (χ4n) is 2.68. The molecule has 0 aliphatic carbocycles. The van der Waals surface area contributed by atoms with Crippen molar-refractivity contribution in [2.45, 2.75) is 6.54 Å². The zero-order valence-electron chi connectivity index (χ0n) is 13.5. The zero-order valence-corrected chi connectivity index (χ0v) is 13.5. The predicted octanol–water partition coefficient (Wildman–Crippen LogP) is 1.47. The summed E-state index contributed by atoms with van der Waals surface area (Å²) in [6, 6.07) is 13.2. The molecule has 128 valence electrons. The lowest BCUT2D eigenvalue weighted by Gasteiger charge is -2.08. The number of para-hydroxylation sites is 2. The first-order chi connectivity index (χ1) is 12.0. The van der Waals surface area contributed by atoms with Crippen LogP contribution in [0.5, 0.6) is 0 Å². The summed E-state index contributed by atoms with van der Waals surface area (Å²) < 4.78 is 2.91. The van der Waals surface area contributed by atoms with Gasteiger partial charge in [-0.3, -0.25) is 13.9 Å². The van der Waals surface area contributed by atoms with Gasteiger partial charge in [0.25, 0.3) is 0 Å². The van der Waals surface area contributed by atoms with E-state index in [1.807, 2.05) is 18.2 Å².